The van der Waals surface area contributed by atoms with E-state index in [2.05, 4.69) is 10.1 Å². The SMILES string of the molecule is CCc1ncn(-c2ccccc2)n1. The predicted octanol–water partition coefficient (Wildman–Crippen LogP) is 1.83. The maximum atomic E-state index is 4.30. The van der Waals surface area contributed by atoms with Crippen LogP contribution < -0.4 is 0 Å². The fraction of sp³-hybridized carbons (Fsp3) is 0.200. The monoisotopic (exact) mass is 173 g/mol. The van der Waals surface area contributed by atoms with Crippen molar-refractivity contribution in [2.24, 2.45) is 0 Å². The molecule has 0 aliphatic carbocycles. The van der Waals surface area contributed by atoms with Crippen LogP contribution in [0.3, 0.4) is 0 Å². The smallest absolute Gasteiger partial charge is 0.150 e. The zero-order valence-corrected chi connectivity index (χ0v) is 7.51. The van der Waals surface area contributed by atoms with Crippen LogP contribution in [0.5, 0.6) is 0 Å². The summed E-state index contributed by atoms with van der Waals surface area (Å²) >= 11 is 0. The Bertz CT molecular complexity index is 378. The van der Waals surface area contributed by atoms with Crippen LogP contribution in [0.2, 0.25) is 0 Å². The van der Waals surface area contributed by atoms with E-state index < -0.39 is 0 Å². The molecule has 0 spiro atoms. The summed E-state index contributed by atoms with van der Waals surface area (Å²) in [6.45, 7) is 2.05. The second kappa shape index (κ2) is 3.39. The number of benzene rings is 1. The average molecular weight is 173 g/mol. The maximum Gasteiger partial charge on any atom is 0.150 e. The van der Waals surface area contributed by atoms with Gasteiger partial charge in [-0.25, -0.2) is 9.67 Å². The van der Waals surface area contributed by atoms with Gasteiger partial charge in [0.05, 0.1) is 5.69 Å². The fourth-order valence-electron chi connectivity index (χ4n) is 1.16. The number of hydrogen-bond donors (Lipinski definition) is 0. The van der Waals surface area contributed by atoms with Gasteiger partial charge in [-0.15, -0.1) is 0 Å². The Balaban J connectivity index is 2.36. The van der Waals surface area contributed by atoms with Gasteiger partial charge in [0.15, 0.2) is 5.82 Å². The Hall–Kier alpha value is -1.64. The summed E-state index contributed by atoms with van der Waals surface area (Å²) < 4.78 is 1.79. The molecular formula is C10H11N3. The molecule has 3 heteroatoms. The molecule has 0 N–H and O–H groups in total. The van der Waals surface area contributed by atoms with E-state index in [1.807, 2.05) is 37.3 Å². The largest absolute Gasteiger partial charge is 0.221 e. The third kappa shape index (κ3) is 1.59. The van der Waals surface area contributed by atoms with Crippen molar-refractivity contribution in [2.45, 2.75) is 13.3 Å². The van der Waals surface area contributed by atoms with Crippen LogP contribution in [0.4, 0.5) is 0 Å². The van der Waals surface area contributed by atoms with Gasteiger partial charge in [-0.05, 0) is 12.1 Å². The van der Waals surface area contributed by atoms with E-state index in [0.29, 0.717) is 0 Å². The second-order valence-corrected chi connectivity index (χ2v) is 2.79. The van der Waals surface area contributed by atoms with Gasteiger partial charge in [0.1, 0.15) is 6.33 Å². The summed E-state index contributed by atoms with van der Waals surface area (Å²) in [6.07, 6.45) is 2.62. The van der Waals surface area contributed by atoms with Gasteiger partial charge in [0.2, 0.25) is 0 Å². The first-order valence-corrected chi connectivity index (χ1v) is 4.36. The second-order valence-electron chi connectivity index (χ2n) is 2.79. The van der Waals surface area contributed by atoms with E-state index in [4.69, 9.17) is 0 Å². The molecule has 1 aromatic carbocycles. The van der Waals surface area contributed by atoms with E-state index in [-0.39, 0.29) is 0 Å². The van der Waals surface area contributed by atoms with Crippen molar-refractivity contribution >= 4 is 0 Å². The Kier molecular flexibility index (Phi) is 2.08. The molecule has 0 bridgehead atoms. The third-order valence-corrected chi connectivity index (χ3v) is 1.88. The minimum absolute atomic E-state index is 0.875. The molecule has 0 fully saturated rings. The molecule has 1 heterocycles. The minimum atomic E-state index is 0.875. The van der Waals surface area contributed by atoms with Gasteiger partial charge < -0.3 is 0 Å². The lowest BCUT2D eigenvalue weighted by Crippen LogP contribution is -1.94. The van der Waals surface area contributed by atoms with Crippen molar-refractivity contribution in [1.82, 2.24) is 14.8 Å². The van der Waals surface area contributed by atoms with E-state index in [9.17, 15) is 0 Å². The average Bonchev–Trinajstić information content (AvgIpc) is 2.67. The molecule has 66 valence electrons. The maximum absolute atomic E-state index is 4.30. The Morgan fingerprint density at radius 2 is 2.00 bits per heavy atom. The van der Waals surface area contributed by atoms with Crippen LogP contribution in [0.25, 0.3) is 5.69 Å². The fourth-order valence-corrected chi connectivity index (χ4v) is 1.16. The molecule has 0 atom stereocenters. The highest BCUT2D eigenvalue weighted by atomic mass is 15.3. The highest BCUT2D eigenvalue weighted by Gasteiger charge is 1.98. The number of para-hydroxylation sites is 1. The van der Waals surface area contributed by atoms with Crippen molar-refractivity contribution in [3.05, 3.63) is 42.5 Å². The highest BCUT2D eigenvalue weighted by Crippen LogP contribution is 2.04. The summed E-state index contributed by atoms with van der Waals surface area (Å²) in [5.41, 5.74) is 1.05. The molecule has 1 aromatic heterocycles. The number of aromatic nitrogens is 3. The lowest BCUT2D eigenvalue weighted by molar-refractivity contribution is 0.840. The summed E-state index contributed by atoms with van der Waals surface area (Å²) in [6, 6.07) is 9.98. The molecule has 0 aliphatic rings. The summed E-state index contributed by atoms with van der Waals surface area (Å²) in [5.74, 6) is 0.879. The number of hydrogen-bond acceptors (Lipinski definition) is 2. The zero-order chi connectivity index (χ0) is 9.10. The summed E-state index contributed by atoms with van der Waals surface area (Å²) in [4.78, 5) is 4.16. The van der Waals surface area contributed by atoms with Crippen molar-refractivity contribution in [1.29, 1.82) is 0 Å². The minimum Gasteiger partial charge on any atom is -0.221 e. The van der Waals surface area contributed by atoms with Gasteiger partial charge in [0, 0.05) is 6.42 Å². The van der Waals surface area contributed by atoms with Gasteiger partial charge in [-0.3, -0.25) is 0 Å². The molecule has 0 unspecified atom stereocenters. The van der Waals surface area contributed by atoms with Crippen LogP contribution in [0.15, 0.2) is 36.7 Å². The molecule has 2 rings (SSSR count). The van der Waals surface area contributed by atoms with E-state index >= 15 is 0 Å². The summed E-state index contributed by atoms with van der Waals surface area (Å²) in [7, 11) is 0. The predicted molar refractivity (Wildman–Crippen MR) is 50.7 cm³/mol. The van der Waals surface area contributed by atoms with Crippen LogP contribution in [-0.2, 0) is 6.42 Å². The highest BCUT2D eigenvalue weighted by molar-refractivity contribution is 5.29. The molecule has 13 heavy (non-hydrogen) atoms. The van der Waals surface area contributed by atoms with E-state index in [0.717, 1.165) is 17.9 Å². The molecule has 0 aliphatic heterocycles. The molecule has 0 saturated heterocycles. The van der Waals surface area contributed by atoms with Crippen LogP contribution in [-0.4, -0.2) is 14.8 Å². The van der Waals surface area contributed by atoms with Crippen molar-refractivity contribution in [2.75, 3.05) is 0 Å². The normalized spacial score (nSPS) is 10.2. The first-order valence-electron chi connectivity index (χ1n) is 4.36. The van der Waals surface area contributed by atoms with Crippen LogP contribution in [0.1, 0.15) is 12.7 Å². The first-order chi connectivity index (χ1) is 6.40. The van der Waals surface area contributed by atoms with Crippen molar-refractivity contribution < 1.29 is 0 Å². The Morgan fingerprint density at radius 1 is 1.23 bits per heavy atom. The number of aryl methyl sites for hydroxylation is 1. The van der Waals surface area contributed by atoms with Gasteiger partial charge in [0.25, 0.3) is 0 Å². The van der Waals surface area contributed by atoms with E-state index in [1.165, 1.54) is 0 Å². The molecular weight excluding hydrogens is 162 g/mol. The van der Waals surface area contributed by atoms with Crippen molar-refractivity contribution in [3.63, 3.8) is 0 Å². The molecule has 2 aromatic rings. The lowest BCUT2D eigenvalue weighted by atomic mass is 10.3. The molecule has 0 radical (unpaired) electrons. The molecule has 0 saturated carbocycles. The Morgan fingerprint density at radius 3 is 2.62 bits per heavy atom. The molecule has 3 nitrogen and oxygen atoms in total. The summed E-state index contributed by atoms with van der Waals surface area (Å²) in [5, 5.41) is 4.30. The third-order valence-electron chi connectivity index (χ3n) is 1.88. The quantitative estimate of drug-likeness (QED) is 0.693. The van der Waals surface area contributed by atoms with Gasteiger partial charge in [-0.1, -0.05) is 25.1 Å². The zero-order valence-electron chi connectivity index (χ0n) is 7.51. The Labute approximate surface area is 77.0 Å². The van der Waals surface area contributed by atoms with Gasteiger partial charge >= 0.3 is 0 Å². The topological polar surface area (TPSA) is 30.7 Å². The van der Waals surface area contributed by atoms with Crippen LogP contribution in [0, 0.1) is 0 Å². The van der Waals surface area contributed by atoms with Gasteiger partial charge in [-0.2, -0.15) is 5.10 Å². The molecule has 0 amide bonds. The number of nitrogens with zero attached hydrogens (tertiary/aromatic N) is 3. The first kappa shape index (κ1) is 7.98. The van der Waals surface area contributed by atoms with E-state index in [1.54, 1.807) is 11.0 Å². The standard InChI is InChI=1S/C10H11N3/c1-2-10-11-8-13(12-10)9-6-4-3-5-7-9/h3-8H,2H2,1H3. The number of rotatable bonds is 2. The van der Waals surface area contributed by atoms with Crippen LogP contribution >= 0.6 is 0 Å². The van der Waals surface area contributed by atoms with Crippen molar-refractivity contribution in [3.8, 4) is 5.69 Å². The lowest BCUT2D eigenvalue weighted by Gasteiger charge is -1.97.